The van der Waals surface area contributed by atoms with Crippen LogP contribution in [-0.2, 0) is 5.54 Å². The topological polar surface area (TPSA) is 51.8 Å². The number of fused-ring (bicyclic) bond motifs is 1. The molecule has 2 saturated carbocycles. The van der Waals surface area contributed by atoms with Gasteiger partial charge in [-0.15, -0.1) is 0 Å². The minimum atomic E-state index is -0.152. The summed E-state index contributed by atoms with van der Waals surface area (Å²) in [4.78, 5) is 8.55. The molecule has 1 heterocycles. The van der Waals surface area contributed by atoms with E-state index in [9.17, 15) is 0 Å². The summed E-state index contributed by atoms with van der Waals surface area (Å²) in [5.74, 6) is 2.60. The van der Waals surface area contributed by atoms with Crippen molar-refractivity contribution in [3.63, 3.8) is 0 Å². The Morgan fingerprint density at radius 1 is 1.43 bits per heavy atom. The minimum Gasteiger partial charge on any atom is -0.320 e. The Balaban J connectivity index is 1.94. The van der Waals surface area contributed by atoms with E-state index in [0.717, 1.165) is 36.2 Å². The second kappa shape index (κ2) is 2.54. The van der Waals surface area contributed by atoms with Crippen molar-refractivity contribution < 1.29 is 0 Å². The first-order chi connectivity index (χ1) is 6.67. The molecule has 74 valence electrons. The fraction of sp³-hybridized carbons (Fsp3) is 0.636. The van der Waals surface area contributed by atoms with Gasteiger partial charge in [0.2, 0.25) is 0 Å². The van der Waals surface area contributed by atoms with E-state index in [-0.39, 0.29) is 5.54 Å². The van der Waals surface area contributed by atoms with Crippen LogP contribution in [0.25, 0.3) is 0 Å². The molecule has 0 radical (unpaired) electrons. The van der Waals surface area contributed by atoms with E-state index in [1.807, 2.05) is 19.2 Å². The first-order valence-electron chi connectivity index (χ1n) is 5.26. The Labute approximate surface area is 83.8 Å². The first-order valence-corrected chi connectivity index (χ1v) is 5.26. The molecule has 0 bridgehead atoms. The second-order valence-corrected chi connectivity index (χ2v) is 4.81. The van der Waals surface area contributed by atoms with Gasteiger partial charge in [0.25, 0.3) is 0 Å². The lowest BCUT2D eigenvalue weighted by molar-refractivity contribution is 0.397. The molecular weight excluding hydrogens is 174 g/mol. The van der Waals surface area contributed by atoms with E-state index in [1.54, 1.807) is 0 Å². The highest BCUT2D eigenvalue weighted by atomic mass is 14.9. The van der Waals surface area contributed by atoms with Crippen molar-refractivity contribution in [3.8, 4) is 0 Å². The average molecular weight is 189 g/mol. The number of aromatic nitrogens is 2. The molecule has 3 heteroatoms. The highest BCUT2D eigenvalue weighted by Crippen LogP contribution is 2.57. The predicted octanol–water partition coefficient (Wildman–Crippen LogP) is 1.37. The standard InChI is InChI=1S/C11H15N3/c1-7-13-3-2-10(14-7)11(12)5-8-4-9(8)6-11/h2-3,8-9H,4-6,12H2,1H3. The molecule has 3 nitrogen and oxygen atoms in total. The summed E-state index contributed by atoms with van der Waals surface area (Å²) in [7, 11) is 0. The molecule has 2 fully saturated rings. The van der Waals surface area contributed by atoms with E-state index >= 15 is 0 Å². The highest BCUT2D eigenvalue weighted by Gasteiger charge is 2.53. The zero-order chi connectivity index (χ0) is 9.76. The van der Waals surface area contributed by atoms with Gasteiger partial charge in [-0.05, 0) is 44.1 Å². The molecule has 14 heavy (non-hydrogen) atoms. The molecule has 0 amide bonds. The quantitative estimate of drug-likeness (QED) is 0.726. The van der Waals surface area contributed by atoms with Crippen molar-refractivity contribution in [1.29, 1.82) is 0 Å². The van der Waals surface area contributed by atoms with Crippen LogP contribution in [0.4, 0.5) is 0 Å². The summed E-state index contributed by atoms with van der Waals surface area (Å²) >= 11 is 0. The lowest BCUT2D eigenvalue weighted by Crippen LogP contribution is -2.36. The minimum absolute atomic E-state index is 0.152. The molecule has 1 aromatic heterocycles. The van der Waals surface area contributed by atoms with Gasteiger partial charge >= 0.3 is 0 Å². The van der Waals surface area contributed by atoms with Crippen molar-refractivity contribution in [3.05, 3.63) is 23.8 Å². The number of hydrogen-bond acceptors (Lipinski definition) is 3. The fourth-order valence-corrected chi connectivity index (χ4v) is 2.77. The summed E-state index contributed by atoms with van der Waals surface area (Å²) in [5, 5.41) is 0. The average Bonchev–Trinajstić information content (AvgIpc) is 2.75. The summed E-state index contributed by atoms with van der Waals surface area (Å²) in [6.07, 6.45) is 5.45. The maximum absolute atomic E-state index is 6.38. The van der Waals surface area contributed by atoms with Crippen molar-refractivity contribution in [1.82, 2.24) is 9.97 Å². The largest absolute Gasteiger partial charge is 0.320 e. The maximum atomic E-state index is 6.38. The lowest BCUT2D eigenvalue weighted by atomic mass is 9.90. The van der Waals surface area contributed by atoms with E-state index in [1.165, 1.54) is 6.42 Å². The number of aryl methyl sites for hydroxylation is 1. The van der Waals surface area contributed by atoms with Crippen LogP contribution in [0.5, 0.6) is 0 Å². The third kappa shape index (κ3) is 1.16. The van der Waals surface area contributed by atoms with E-state index in [2.05, 4.69) is 9.97 Å². The van der Waals surface area contributed by atoms with E-state index < -0.39 is 0 Å². The lowest BCUT2D eigenvalue weighted by Gasteiger charge is -2.25. The molecule has 0 aromatic carbocycles. The van der Waals surface area contributed by atoms with Gasteiger partial charge in [-0.3, -0.25) is 0 Å². The SMILES string of the molecule is Cc1nccc(C2(N)CC3CC3C2)n1. The third-order valence-corrected chi connectivity index (χ3v) is 3.61. The molecule has 2 aliphatic carbocycles. The van der Waals surface area contributed by atoms with Crippen LogP contribution in [-0.4, -0.2) is 9.97 Å². The molecule has 2 unspecified atom stereocenters. The molecule has 2 atom stereocenters. The van der Waals surface area contributed by atoms with Crippen LogP contribution in [0, 0.1) is 18.8 Å². The van der Waals surface area contributed by atoms with Gasteiger partial charge in [0.05, 0.1) is 11.2 Å². The number of rotatable bonds is 1. The molecule has 1 aromatic rings. The fourth-order valence-electron chi connectivity index (χ4n) is 2.77. The molecule has 2 aliphatic rings. The van der Waals surface area contributed by atoms with Crippen molar-refractivity contribution in [2.24, 2.45) is 17.6 Å². The molecule has 3 rings (SSSR count). The van der Waals surface area contributed by atoms with Crippen LogP contribution >= 0.6 is 0 Å². The van der Waals surface area contributed by atoms with E-state index in [0.29, 0.717) is 0 Å². The molecule has 2 N–H and O–H groups in total. The summed E-state index contributed by atoms with van der Waals surface area (Å²) < 4.78 is 0. The maximum Gasteiger partial charge on any atom is 0.125 e. The highest BCUT2D eigenvalue weighted by molar-refractivity contribution is 5.20. The normalized spacial score (nSPS) is 39.6. The van der Waals surface area contributed by atoms with Gasteiger partial charge in [0.15, 0.2) is 0 Å². The van der Waals surface area contributed by atoms with E-state index in [4.69, 9.17) is 5.73 Å². The summed E-state index contributed by atoms with van der Waals surface area (Å²) in [6, 6.07) is 1.97. The Kier molecular flexibility index (Phi) is 1.52. The monoisotopic (exact) mass is 189 g/mol. The van der Waals surface area contributed by atoms with Crippen LogP contribution in [0.15, 0.2) is 12.3 Å². The molecule has 0 saturated heterocycles. The van der Waals surface area contributed by atoms with Crippen molar-refractivity contribution >= 4 is 0 Å². The number of nitrogens with zero attached hydrogens (tertiary/aromatic N) is 2. The Morgan fingerprint density at radius 2 is 2.14 bits per heavy atom. The molecular formula is C11H15N3. The van der Waals surface area contributed by atoms with Crippen LogP contribution in [0.1, 0.15) is 30.8 Å². The van der Waals surface area contributed by atoms with Gasteiger partial charge in [0.1, 0.15) is 5.82 Å². The first kappa shape index (κ1) is 8.36. The van der Waals surface area contributed by atoms with Crippen molar-refractivity contribution in [2.75, 3.05) is 0 Å². The second-order valence-electron chi connectivity index (χ2n) is 4.81. The number of nitrogens with two attached hydrogens (primary N) is 1. The van der Waals surface area contributed by atoms with Gasteiger partial charge in [-0.2, -0.15) is 0 Å². The zero-order valence-electron chi connectivity index (χ0n) is 8.40. The summed E-state index contributed by atoms with van der Waals surface area (Å²) in [5.41, 5.74) is 7.27. The predicted molar refractivity (Wildman–Crippen MR) is 53.5 cm³/mol. The van der Waals surface area contributed by atoms with Crippen LogP contribution < -0.4 is 5.73 Å². The van der Waals surface area contributed by atoms with Gasteiger partial charge in [-0.25, -0.2) is 9.97 Å². The van der Waals surface area contributed by atoms with Crippen LogP contribution in [0.3, 0.4) is 0 Å². The smallest absolute Gasteiger partial charge is 0.125 e. The Bertz CT molecular complexity index is 365. The molecule has 0 spiro atoms. The van der Waals surface area contributed by atoms with Crippen LogP contribution in [0.2, 0.25) is 0 Å². The van der Waals surface area contributed by atoms with Gasteiger partial charge in [-0.1, -0.05) is 0 Å². The van der Waals surface area contributed by atoms with Crippen molar-refractivity contribution in [2.45, 2.75) is 31.7 Å². The Morgan fingerprint density at radius 3 is 2.79 bits per heavy atom. The van der Waals surface area contributed by atoms with Gasteiger partial charge in [0, 0.05) is 6.20 Å². The Hall–Kier alpha value is -0.960. The third-order valence-electron chi connectivity index (χ3n) is 3.61. The zero-order valence-corrected chi connectivity index (χ0v) is 8.40. The molecule has 0 aliphatic heterocycles. The summed E-state index contributed by atoms with van der Waals surface area (Å²) in [6.45, 7) is 1.92. The van der Waals surface area contributed by atoms with Gasteiger partial charge < -0.3 is 5.73 Å². The number of hydrogen-bond donors (Lipinski definition) is 1.